The van der Waals surface area contributed by atoms with Gasteiger partial charge in [-0.25, -0.2) is 0 Å². The summed E-state index contributed by atoms with van der Waals surface area (Å²) in [7, 11) is 0. The van der Waals surface area contributed by atoms with Crippen LogP contribution in [0.1, 0.15) is 31.4 Å². The molecule has 1 atom stereocenters. The fourth-order valence-electron chi connectivity index (χ4n) is 3.77. The predicted molar refractivity (Wildman–Crippen MR) is 132 cm³/mol. The van der Waals surface area contributed by atoms with Crippen LogP contribution in [0, 0.1) is 6.92 Å². The molecule has 0 aliphatic carbocycles. The maximum atomic E-state index is 13.3. The molecule has 0 saturated carbocycles. The Kier molecular flexibility index (Phi) is 8.28. The minimum absolute atomic E-state index is 0.150. The van der Waals surface area contributed by atoms with E-state index in [0.717, 1.165) is 26.4 Å². The van der Waals surface area contributed by atoms with Gasteiger partial charge in [-0.3, -0.25) is 9.59 Å². The van der Waals surface area contributed by atoms with E-state index in [4.69, 9.17) is 4.74 Å². The molecule has 3 aromatic rings. The lowest BCUT2D eigenvalue weighted by molar-refractivity contribution is -0.142. The van der Waals surface area contributed by atoms with Crippen molar-refractivity contribution >= 4 is 38.5 Å². The molecular weight excluding hydrogens is 468 g/mol. The number of halogens is 1. The second kappa shape index (κ2) is 11.1. The maximum absolute atomic E-state index is 13.3. The van der Waals surface area contributed by atoms with Crippen molar-refractivity contribution in [2.75, 3.05) is 13.2 Å². The average molecular weight is 497 g/mol. The summed E-state index contributed by atoms with van der Waals surface area (Å²) < 4.78 is 6.72. The lowest BCUT2D eigenvalue weighted by atomic mass is 10.1. The molecule has 2 amide bonds. The molecule has 0 radical (unpaired) electrons. The van der Waals surface area contributed by atoms with Crippen molar-refractivity contribution in [2.45, 2.75) is 39.8 Å². The zero-order valence-electron chi connectivity index (χ0n) is 18.7. The quantitative estimate of drug-likeness (QED) is 0.440. The Balaban J connectivity index is 1.82. The van der Waals surface area contributed by atoms with Crippen molar-refractivity contribution < 1.29 is 14.3 Å². The van der Waals surface area contributed by atoms with E-state index in [2.05, 4.69) is 21.2 Å². The van der Waals surface area contributed by atoms with E-state index in [9.17, 15) is 9.59 Å². The third-order valence-electron chi connectivity index (χ3n) is 5.35. The molecule has 6 heteroatoms. The number of fused-ring (bicyclic) bond motifs is 1. The molecule has 0 fully saturated rings. The van der Waals surface area contributed by atoms with Crippen LogP contribution < -0.4 is 10.1 Å². The van der Waals surface area contributed by atoms with Gasteiger partial charge in [0.05, 0.1) is 4.47 Å². The third kappa shape index (κ3) is 5.68. The van der Waals surface area contributed by atoms with Crippen LogP contribution in [0.25, 0.3) is 10.8 Å². The smallest absolute Gasteiger partial charge is 0.261 e. The largest absolute Gasteiger partial charge is 0.483 e. The number of carbonyl (C=O) groups excluding carboxylic acids is 2. The number of likely N-dealkylation sites (N-methyl/N-ethyl adjacent to an activating group) is 1. The van der Waals surface area contributed by atoms with Crippen LogP contribution in [0.15, 0.2) is 65.1 Å². The number of aryl methyl sites for hydroxylation is 1. The van der Waals surface area contributed by atoms with E-state index in [1.807, 2.05) is 81.4 Å². The van der Waals surface area contributed by atoms with Crippen LogP contribution in [0.3, 0.4) is 0 Å². The van der Waals surface area contributed by atoms with E-state index < -0.39 is 6.04 Å². The summed E-state index contributed by atoms with van der Waals surface area (Å²) in [5, 5.41) is 4.95. The van der Waals surface area contributed by atoms with Gasteiger partial charge in [0.25, 0.3) is 5.91 Å². The highest BCUT2D eigenvalue weighted by atomic mass is 79.9. The standard InChI is InChI=1S/C26H29BrN2O3/c1-4-22(26(31)28-5-2)29(16-19-10-8-9-18(3)15-19)24(30)17-32-23-14-13-20-11-6-7-12-21(20)25(23)27/h6-15,22H,4-5,16-17H2,1-3H3,(H,28,31). The molecule has 0 aliphatic heterocycles. The van der Waals surface area contributed by atoms with Crippen LogP contribution in [-0.2, 0) is 16.1 Å². The van der Waals surface area contributed by atoms with Crippen LogP contribution in [0.4, 0.5) is 0 Å². The van der Waals surface area contributed by atoms with Gasteiger partial charge in [0.2, 0.25) is 5.91 Å². The first kappa shape index (κ1) is 23.8. The summed E-state index contributed by atoms with van der Waals surface area (Å²) in [5.74, 6) is 0.214. The lowest BCUT2D eigenvalue weighted by Crippen LogP contribution is -2.50. The van der Waals surface area contributed by atoms with Crippen molar-refractivity contribution in [1.82, 2.24) is 10.2 Å². The normalized spacial score (nSPS) is 11.8. The van der Waals surface area contributed by atoms with Gasteiger partial charge in [0, 0.05) is 13.1 Å². The molecule has 3 rings (SSSR count). The first-order valence-electron chi connectivity index (χ1n) is 10.9. The number of hydrogen-bond acceptors (Lipinski definition) is 3. The Labute approximate surface area is 197 Å². The van der Waals surface area contributed by atoms with E-state index in [0.29, 0.717) is 25.3 Å². The molecule has 0 aliphatic rings. The van der Waals surface area contributed by atoms with Gasteiger partial charge in [0.1, 0.15) is 11.8 Å². The van der Waals surface area contributed by atoms with Crippen LogP contribution in [0.2, 0.25) is 0 Å². The molecule has 1 N–H and O–H groups in total. The van der Waals surface area contributed by atoms with E-state index >= 15 is 0 Å². The fraction of sp³-hybridized carbons (Fsp3) is 0.308. The lowest BCUT2D eigenvalue weighted by Gasteiger charge is -2.30. The first-order valence-corrected chi connectivity index (χ1v) is 11.7. The number of carbonyl (C=O) groups is 2. The topological polar surface area (TPSA) is 58.6 Å². The van der Waals surface area contributed by atoms with Crippen LogP contribution in [-0.4, -0.2) is 35.9 Å². The van der Waals surface area contributed by atoms with E-state index in [-0.39, 0.29) is 18.4 Å². The van der Waals surface area contributed by atoms with Gasteiger partial charge in [-0.15, -0.1) is 0 Å². The molecule has 3 aromatic carbocycles. The minimum atomic E-state index is -0.563. The summed E-state index contributed by atoms with van der Waals surface area (Å²) in [4.78, 5) is 27.6. The zero-order valence-corrected chi connectivity index (χ0v) is 20.3. The van der Waals surface area contributed by atoms with Crippen molar-refractivity contribution in [1.29, 1.82) is 0 Å². The number of ether oxygens (including phenoxy) is 1. The maximum Gasteiger partial charge on any atom is 0.261 e. The predicted octanol–water partition coefficient (Wildman–Crippen LogP) is 5.23. The van der Waals surface area contributed by atoms with Gasteiger partial charge in [0.15, 0.2) is 6.61 Å². The molecule has 168 valence electrons. The summed E-state index contributed by atoms with van der Waals surface area (Å²) >= 11 is 3.60. The summed E-state index contributed by atoms with van der Waals surface area (Å²) in [6.07, 6.45) is 0.517. The summed E-state index contributed by atoms with van der Waals surface area (Å²) in [5.41, 5.74) is 2.09. The van der Waals surface area contributed by atoms with Crippen molar-refractivity contribution in [2.24, 2.45) is 0 Å². The van der Waals surface area contributed by atoms with Gasteiger partial charge in [-0.1, -0.05) is 67.1 Å². The van der Waals surface area contributed by atoms with Gasteiger partial charge in [-0.2, -0.15) is 0 Å². The van der Waals surface area contributed by atoms with E-state index in [1.54, 1.807) is 4.90 Å². The van der Waals surface area contributed by atoms with Crippen molar-refractivity contribution in [3.63, 3.8) is 0 Å². The Morgan fingerprint density at radius 2 is 1.84 bits per heavy atom. The fourth-order valence-corrected chi connectivity index (χ4v) is 4.37. The SMILES string of the molecule is CCNC(=O)C(CC)N(Cc1cccc(C)c1)C(=O)COc1ccc2ccccc2c1Br. The Bertz CT molecular complexity index is 1100. The molecule has 0 spiro atoms. The molecule has 0 bridgehead atoms. The van der Waals surface area contributed by atoms with Crippen molar-refractivity contribution in [3.8, 4) is 5.75 Å². The zero-order chi connectivity index (χ0) is 23.1. The number of rotatable bonds is 9. The van der Waals surface area contributed by atoms with Gasteiger partial charge < -0.3 is 15.0 Å². The molecular formula is C26H29BrN2O3. The summed E-state index contributed by atoms with van der Waals surface area (Å²) in [6, 6.07) is 19.2. The molecule has 0 saturated heterocycles. The van der Waals surface area contributed by atoms with Crippen LogP contribution >= 0.6 is 15.9 Å². The highest BCUT2D eigenvalue weighted by Crippen LogP contribution is 2.33. The Morgan fingerprint density at radius 1 is 1.06 bits per heavy atom. The highest BCUT2D eigenvalue weighted by Gasteiger charge is 2.28. The Hall–Kier alpha value is -2.86. The molecule has 0 heterocycles. The Morgan fingerprint density at radius 3 is 2.56 bits per heavy atom. The van der Waals surface area contributed by atoms with E-state index in [1.165, 1.54) is 0 Å². The molecule has 32 heavy (non-hydrogen) atoms. The number of amides is 2. The molecule has 5 nitrogen and oxygen atoms in total. The average Bonchev–Trinajstić information content (AvgIpc) is 2.78. The molecule has 1 unspecified atom stereocenters. The summed E-state index contributed by atoms with van der Waals surface area (Å²) in [6.45, 7) is 6.51. The number of nitrogens with zero attached hydrogens (tertiary/aromatic N) is 1. The second-order valence-corrected chi connectivity index (χ2v) is 8.51. The number of benzene rings is 3. The van der Waals surface area contributed by atoms with Crippen LogP contribution in [0.5, 0.6) is 5.75 Å². The van der Waals surface area contributed by atoms with Crippen molar-refractivity contribution in [3.05, 3.63) is 76.3 Å². The highest BCUT2D eigenvalue weighted by molar-refractivity contribution is 9.10. The minimum Gasteiger partial charge on any atom is -0.483 e. The number of nitrogens with one attached hydrogen (secondary N) is 1. The number of hydrogen-bond donors (Lipinski definition) is 1. The molecule has 0 aromatic heterocycles. The monoisotopic (exact) mass is 496 g/mol. The third-order valence-corrected chi connectivity index (χ3v) is 6.17. The van der Waals surface area contributed by atoms with Gasteiger partial charge in [-0.05, 0) is 58.6 Å². The first-order chi connectivity index (χ1) is 15.4. The van der Waals surface area contributed by atoms with Gasteiger partial charge >= 0.3 is 0 Å². The second-order valence-electron chi connectivity index (χ2n) is 7.72.